The number of rotatable bonds is 27. The van der Waals surface area contributed by atoms with Crippen LogP contribution in [0, 0.1) is 36.0 Å². The van der Waals surface area contributed by atoms with Crippen LogP contribution in [0.5, 0.6) is 0 Å². The van der Waals surface area contributed by atoms with E-state index in [9.17, 15) is 0 Å². The molecule has 0 aromatic heterocycles. The Bertz CT molecular complexity index is 2890. The van der Waals surface area contributed by atoms with Gasteiger partial charge in [0.05, 0.1) is 11.4 Å². The first-order valence-corrected chi connectivity index (χ1v) is 34.3. The van der Waals surface area contributed by atoms with Crippen molar-refractivity contribution in [2.75, 3.05) is 0 Å². The summed E-state index contributed by atoms with van der Waals surface area (Å²) in [6.07, 6.45) is 30.4. The Kier molecular flexibility index (Phi) is 32.0. The molecular formula is C84H125N. The molecule has 1 heteroatoms. The van der Waals surface area contributed by atoms with E-state index in [1.165, 1.54) is 142 Å². The molecule has 0 spiro atoms. The quantitative estimate of drug-likeness (QED) is 0.0417. The van der Waals surface area contributed by atoms with Crippen LogP contribution >= 0.6 is 0 Å². The van der Waals surface area contributed by atoms with Gasteiger partial charge in [-0.15, -0.1) is 0 Å². The SMILES string of the molecule is C=C(C(=NC1=C(C)C(/C(C)=C/C=C(\C)C(C)(C)C)=CCC1/C(=C/C=C(\C)c1ccc(-c2ccc(C(C)(C)C)cc2C)c(C(C)C(C)CC(CC)CCCC)c1)CCC)c1ccc(CC)cc1)c1ccc(CC)cc1.CC.CCCCC(CC)CC. The smallest absolute Gasteiger partial charge is 0.0778 e. The van der Waals surface area contributed by atoms with E-state index < -0.39 is 0 Å². The normalized spacial score (nSPS) is 15.9. The van der Waals surface area contributed by atoms with Crippen molar-refractivity contribution in [3.05, 3.63) is 200 Å². The van der Waals surface area contributed by atoms with Gasteiger partial charge in [0.2, 0.25) is 0 Å². The van der Waals surface area contributed by atoms with Gasteiger partial charge in [0.15, 0.2) is 0 Å². The Hall–Kier alpha value is -5.27. The predicted molar refractivity (Wildman–Crippen MR) is 385 cm³/mol. The predicted octanol–water partition coefficient (Wildman–Crippen LogP) is 26.6. The number of allylic oxidation sites excluding steroid dienone is 12. The average Bonchev–Trinajstić information content (AvgIpc) is 2.04. The molecule has 4 atom stereocenters. The van der Waals surface area contributed by atoms with Crippen LogP contribution in [0.1, 0.15) is 286 Å². The van der Waals surface area contributed by atoms with Gasteiger partial charge in [-0.2, -0.15) is 0 Å². The molecule has 5 rings (SSSR count). The van der Waals surface area contributed by atoms with E-state index in [4.69, 9.17) is 11.6 Å². The molecule has 0 bridgehead atoms. The van der Waals surface area contributed by atoms with Crippen molar-refractivity contribution in [2.45, 2.75) is 267 Å². The van der Waals surface area contributed by atoms with Gasteiger partial charge in [0.25, 0.3) is 0 Å². The Labute approximate surface area is 526 Å². The Balaban J connectivity index is 0.00000157. The summed E-state index contributed by atoms with van der Waals surface area (Å²) in [5, 5.41) is 0. The summed E-state index contributed by atoms with van der Waals surface area (Å²) in [5.74, 6) is 2.86. The van der Waals surface area contributed by atoms with Crippen molar-refractivity contribution in [1.82, 2.24) is 0 Å². The molecule has 4 unspecified atom stereocenters. The number of hydrogen-bond donors (Lipinski definition) is 0. The minimum absolute atomic E-state index is 0.104. The first kappa shape index (κ1) is 74.0. The standard InChI is InChI=1S/C73H99N.C9H20.C2H6/c1-20-25-27-59(24-5)46-51(8)54(11)69-48-63(40-42-68(69)66-43-41-64(47-52(66)9)73(17,18)19)49(6)29-35-61(26-21-2)67-45-44-65(50(7)28-30-53(10)72(14,15)16)56(13)71(67)74-70(62-38-33-58(23-4)34-39-62)55(12)60-36-31-57(22-3)32-37-60;1-4-7-8-9(5-2)6-3;1-2/h28-44,47-48,51,54,59,67H,12,20-27,45-46H2,1-11,13-19H3;9H,4-8H2,1-3H3;1-2H3/b49-29+,50-28+,53-30+,61-35+,74-70?;;. The molecule has 1 aliphatic rings. The summed E-state index contributed by atoms with van der Waals surface area (Å²) in [4.78, 5) is 5.90. The molecule has 4 aromatic carbocycles. The molecule has 0 saturated heterocycles. The summed E-state index contributed by atoms with van der Waals surface area (Å²) in [7, 11) is 0. The van der Waals surface area contributed by atoms with Gasteiger partial charge in [-0.3, -0.25) is 4.99 Å². The zero-order valence-electron chi connectivity index (χ0n) is 59.1. The summed E-state index contributed by atoms with van der Waals surface area (Å²) in [5.41, 5.74) is 24.2. The van der Waals surface area contributed by atoms with Gasteiger partial charge < -0.3 is 0 Å². The van der Waals surface area contributed by atoms with Crippen LogP contribution in [0.15, 0.2) is 160 Å². The summed E-state index contributed by atoms with van der Waals surface area (Å²) in [6, 6.07) is 32.5. The lowest BCUT2D eigenvalue weighted by Crippen LogP contribution is -2.16. The van der Waals surface area contributed by atoms with Crippen molar-refractivity contribution in [1.29, 1.82) is 0 Å². The van der Waals surface area contributed by atoms with Crippen LogP contribution in [0.2, 0.25) is 0 Å². The van der Waals surface area contributed by atoms with Crippen LogP contribution in [-0.2, 0) is 18.3 Å². The third-order valence-electron chi connectivity index (χ3n) is 18.9. The van der Waals surface area contributed by atoms with Crippen LogP contribution < -0.4 is 0 Å². The average molecular weight is 1150 g/mol. The molecule has 0 aliphatic heterocycles. The van der Waals surface area contributed by atoms with E-state index in [1.54, 1.807) is 0 Å². The molecule has 0 saturated carbocycles. The van der Waals surface area contributed by atoms with Crippen LogP contribution in [0.25, 0.3) is 22.3 Å². The van der Waals surface area contributed by atoms with Crippen molar-refractivity contribution < 1.29 is 0 Å². The lowest BCUT2D eigenvalue weighted by Gasteiger charge is -2.29. The molecular weight excluding hydrogens is 1020 g/mol. The number of aryl methyl sites for hydroxylation is 3. The Morgan fingerprint density at radius 3 is 1.65 bits per heavy atom. The van der Waals surface area contributed by atoms with E-state index in [0.717, 1.165) is 72.0 Å². The monoisotopic (exact) mass is 1150 g/mol. The lowest BCUT2D eigenvalue weighted by molar-refractivity contribution is 0.325. The Morgan fingerprint density at radius 1 is 0.612 bits per heavy atom. The van der Waals surface area contributed by atoms with Gasteiger partial charge in [0, 0.05) is 17.1 Å². The fraction of sp³-hybridized carbons (Fsp3) is 0.536. The fourth-order valence-electron chi connectivity index (χ4n) is 11.9. The zero-order chi connectivity index (χ0) is 63.6. The molecule has 0 fully saturated rings. The first-order chi connectivity index (χ1) is 40.4. The highest BCUT2D eigenvalue weighted by atomic mass is 14.8. The van der Waals surface area contributed by atoms with E-state index in [-0.39, 0.29) is 16.7 Å². The molecule has 0 N–H and O–H groups in total. The summed E-state index contributed by atoms with van der Waals surface area (Å²) >= 11 is 0. The third-order valence-corrected chi connectivity index (χ3v) is 18.9. The zero-order valence-corrected chi connectivity index (χ0v) is 59.1. The molecule has 466 valence electrons. The van der Waals surface area contributed by atoms with E-state index in [2.05, 4.69) is 261 Å². The van der Waals surface area contributed by atoms with Crippen LogP contribution in [-0.4, -0.2) is 5.71 Å². The van der Waals surface area contributed by atoms with Crippen molar-refractivity contribution >= 4 is 16.9 Å². The topological polar surface area (TPSA) is 12.4 Å². The van der Waals surface area contributed by atoms with Gasteiger partial charge >= 0.3 is 0 Å². The van der Waals surface area contributed by atoms with E-state index >= 15 is 0 Å². The van der Waals surface area contributed by atoms with Crippen molar-refractivity contribution in [2.24, 2.45) is 34.1 Å². The highest BCUT2D eigenvalue weighted by Crippen LogP contribution is 2.43. The van der Waals surface area contributed by atoms with Gasteiger partial charge in [0.1, 0.15) is 0 Å². The molecule has 1 aliphatic carbocycles. The maximum Gasteiger partial charge on any atom is 0.0778 e. The van der Waals surface area contributed by atoms with E-state index in [1.807, 2.05) is 13.8 Å². The molecule has 1 nitrogen and oxygen atoms in total. The Morgan fingerprint density at radius 2 is 1.14 bits per heavy atom. The summed E-state index contributed by atoms with van der Waals surface area (Å²) < 4.78 is 0. The second-order valence-electron chi connectivity index (χ2n) is 27.1. The number of hydrogen-bond acceptors (Lipinski definition) is 1. The molecule has 85 heavy (non-hydrogen) atoms. The number of unbranched alkanes of at least 4 members (excludes halogenated alkanes) is 2. The largest absolute Gasteiger partial charge is 0.251 e. The first-order valence-electron chi connectivity index (χ1n) is 34.3. The number of benzene rings is 4. The van der Waals surface area contributed by atoms with Crippen LogP contribution in [0.4, 0.5) is 0 Å². The van der Waals surface area contributed by atoms with Gasteiger partial charge in [-0.05, 0) is 174 Å². The minimum atomic E-state index is 0.104. The molecule has 4 aromatic rings. The minimum Gasteiger partial charge on any atom is -0.251 e. The third kappa shape index (κ3) is 22.1. The molecule has 0 heterocycles. The maximum absolute atomic E-state index is 5.90. The second-order valence-corrected chi connectivity index (χ2v) is 27.1. The van der Waals surface area contributed by atoms with Crippen molar-refractivity contribution in [3.63, 3.8) is 0 Å². The highest BCUT2D eigenvalue weighted by Gasteiger charge is 2.28. The molecule has 0 radical (unpaired) electrons. The highest BCUT2D eigenvalue weighted by molar-refractivity contribution is 6.31. The fourth-order valence-corrected chi connectivity index (χ4v) is 11.9. The number of aliphatic imine (C=N–C) groups is 1. The van der Waals surface area contributed by atoms with Gasteiger partial charge in [-0.1, -0.05) is 322 Å². The van der Waals surface area contributed by atoms with Gasteiger partial charge in [-0.25, -0.2) is 0 Å². The maximum atomic E-state index is 5.90. The lowest BCUT2D eigenvalue weighted by atomic mass is 9.77. The van der Waals surface area contributed by atoms with Crippen LogP contribution in [0.3, 0.4) is 0 Å². The molecule has 0 amide bonds. The number of nitrogens with zero attached hydrogens (tertiary/aromatic N) is 1. The summed E-state index contributed by atoms with van der Waals surface area (Å²) in [6.45, 7) is 57.4. The second kappa shape index (κ2) is 36.8. The van der Waals surface area contributed by atoms with E-state index in [0.29, 0.717) is 11.8 Å². The van der Waals surface area contributed by atoms with Crippen molar-refractivity contribution in [3.8, 4) is 11.1 Å².